The molecule has 2 rings (SSSR count). The Balaban J connectivity index is 0.00000242. The van der Waals surface area contributed by atoms with Crippen LogP contribution >= 0.6 is 24.0 Å². The standard InChI is InChI=1S/C16H18ClNO3.ClH/c17-13-1-3-15(4-2-13)21-16-7-5-14(6-8-16)20-12-10-18-9-11-19;/h1-8,18-19H,9-12H2;1H. The second kappa shape index (κ2) is 10.3. The van der Waals surface area contributed by atoms with E-state index >= 15 is 0 Å². The van der Waals surface area contributed by atoms with Crippen molar-refractivity contribution >= 4 is 24.0 Å². The van der Waals surface area contributed by atoms with Crippen LogP contribution in [0.5, 0.6) is 17.2 Å². The van der Waals surface area contributed by atoms with Gasteiger partial charge in [-0.2, -0.15) is 0 Å². The van der Waals surface area contributed by atoms with Gasteiger partial charge in [0.25, 0.3) is 0 Å². The van der Waals surface area contributed by atoms with Crippen LogP contribution in [0.3, 0.4) is 0 Å². The molecule has 4 nitrogen and oxygen atoms in total. The van der Waals surface area contributed by atoms with E-state index < -0.39 is 0 Å². The Kier molecular flexibility index (Phi) is 8.70. The van der Waals surface area contributed by atoms with Crippen molar-refractivity contribution in [2.24, 2.45) is 0 Å². The molecule has 0 unspecified atom stereocenters. The molecule has 0 aliphatic carbocycles. The number of aliphatic hydroxyl groups is 1. The predicted octanol–water partition coefficient (Wildman–Crippen LogP) is 3.51. The third kappa shape index (κ3) is 6.54. The lowest BCUT2D eigenvalue weighted by Gasteiger charge is -2.09. The molecule has 120 valence electrons. The monoisotopic (exact) mass is 343 g/mol. The fourth-order valence-corrected chi connectivity index (χ4v) is 1.81. The largest absolute Gasteiger partial charge is 0.492 e. The summed E-state index contributed by atoms with van der Waals surface area (Å²) in [6.07, 6.45) is 0. The highest BCUT2D eigenvalue weighted by Gasteiger charge is 1.99. The number of halogens is 2. The normalized spacial score (nSPS) is 9.91. The van der Waals surface area contributed by atoms with Gasteiger partial charge in [-0.15, -0.1) is 12.4 Å². The topological polar surface area (TPSA) is 50.7 Å². The van der Waals surface area contributed by atoms with Crippen LogP contribution in [0.4, 0.5) is 0 Å². The first-order chi connectivity index (χ1) is 10.3. The van der Waals surface area contributed by atoms with E-state index in [9.17, 15) is 0 Å². The highest BCUT2D eigenvalue weighted by atomic mass is 35.5. The van der Waals surface area contributed by atoms with E-state index in [0.717, 1.165) is 17.2 Å². The second-order valence-corrected chi connectivity index (χ2v) is 4.79. The van der Waals surface area contributed by atoms with Crippen molar-refractivity contribution in [3.8, 4) is 17.2 Å². The quantitative estimate of drug-likeness (QED) is 0.720. The number of rotatable bonds is 8. The maximum Gasteiger partial charge on any atom is 0.127 e. The highest BCUT2D eigenvalue weighted by molar-refractivity contribution is 6.30. The summed E-state index contributed by atoms with van der Waals surface area (Å²) >= 11 is 5.82. The van der Waals surface area contributed by atoms with E-state index in [1.165, 1.54) is 0 Å². The third-order valence-corrected chi connectivity index (χ3v) is 2.96. The van der Waals surface area contributed by atoms with Gasteiger partial charge in [0.15, 0.2) is 0 Å². The van der Waals surface area contributed by atoms with Crippen LogP contribution in [0, 0.1) is 0 Å². The van der Waals surface area contributed by atoms with Gasteiger partial charge in [0.05, 0.1) is 6.61 Å². The summed E-state index contributed by atoms with van der Waals surface area (Å²) in [6, 6.07) is 14.6. The van der Waals surface area contributed by atoms with Crippen molar-refractivity contribution in [1.82, 2.24) is 5.32 Å². The van der Waals surface area contributed by atoms with Gasteiger partial charge >= 0.3 is 0 Å². The maximum atomic E-state index is 8.62. The smallest absolute Gasteiger partial charge is 0.127 e. The Labute approximate surface area is 141 Å². The van der Waals surface area contributed by atoms with Crippen LogP contribution in [0.15, 0.2) is 48.5 Å². The molecule has 0 spiro atoms. The average Bonchev–Trinajstić information content (AvgIpc) is 2.51. The van der Waals surface area contributed by atoms with Crippen molar-refractivity contribution < 1.29 is 14.6 Å². The first kappa shape index (κ1) is 18.6. The Morgan fingerprint density at radius 1 is 0.864 bits per heavy atom. The molecule has 0 fully saturated rings. The van der Waals surface area contributed by atoms with E-state index in [1.54, 1.807) is 12.1 Å². The van der Waals surface area contributed by atoms with Crippen LogP contribution in [-0.4, -0.2) is 31.4 Å². The molecule has 0 aliphatic heterocycles. The zero-order chi connectivity index (χ0) is 14.9. The number of benzene rings is 2. The van der Waals surface area contributed by atoms with Crippen LogP contribution in [-0.2, 0) is 0 Å². The molecular weight excluding hydrogens is 325 g/mol. The molecule has 0 amide bonds. The Morgan fingerprint density at radius 2 is 1.41 bits per heavy atom. The van der Waals surface area contributed by atoms with Gasteiger partial charge in [-0.1, -0.05) is 11.6 Å². The lowest BCUT2D eigenvalue weighted by atomic mass is 10.3. The summed E-state index contributed by atoms with van der Waals surface area (Å²) in [5, 5.41) is 12.3. The van der Waals surface area contributed by atoms with Crippen LogP contribution < -0.4 is 14.8 Å². The summed E-state index contributed by atoms with van der Waals surface area (Å²) in [5.74, 6) is 2.26. The lowest BCUT2D eigenvalue weighted by molar-refractivity contribution is 0.276. The van der Waals surface area contributed by atoms with Gasteiger partial charge in [-0.25, -0.2) is 0 Å². The maximum absolute atomic E-state index is 8.62. The average molecular weight is 344 g/mol. The molecule has 0 saturated heterocycles. The van der Waals surface area contributed by atoms with Crippen LogP contribution in [0.2, 0.25) is 5.02 Å². The Morgan fingerprint density at radius 3 is 2.00 bits per heavy atom. The predicted molar refractivity (Wildman–Crippen MR) is 90.7 cm³/mol. The van der Waals surface area contributed by atoms with Crippen LogP contribution in [0.25, 0.3) is 0 Å². The minimum atomic E-state index is 0. The molecule has 0 saturated carbocycles. The number of hydrogen-bond donors (Lipinski definition) is 2. The van der Waals surface area contributed by atoms with E-state index in [0.29, 0.717) is 24.7 Å². The molecule has 0 heterocycles. The SMILES string of the molecule is Cl.OCCNCCOc1ccc(Oc2ccc(Cl)cc2)cc1. The zero-order valence-corrected chi connectivity index (χ0v) is 13.6. The first-order valence-corrected chi connectivity index (χ1v) is 7.13. The van der Waals surface area contributed by atoms with E-state index in [-0.39, 0.29) is 19.0 Å². The van der Waals surface area contributed by atoms with Gasteiger partial charge in [-0.3, -0.25) is 0 Å². The van der Waals surface area contributed by atoms with E-state index in [4.69, 9.17) is 26.2 Å². The van der Waals surface area contributed by atoms with Gasteiger partial charge in [-0.05, 0) is 48.5 Å². The van der Waals surface area contributed by atoms with E-state index in [1.807, 2.05) is 36.4 Å². The Bertz CT molecular complexity index is 532. The summed E-state index contributed by atoms with van der Waals surface area (Å²) in [7, 11) is 0. The highest BCUT2D eigenvalue weighted by Crippen LogP contribution is 2.24. The molecule has 6 heteroatoms. The fourth-order valence-electron chi connectivity index (χ4n) is 1.69. The number of ether oxygens (including phenoxy) is 2. The minimum absolute atomic E-state index is 0. The summed E-state index contributed by atoms with van der Waals surface area (Å²) in [5.41, 5.74) is 0. The zero-order valence-electron chi connectivity index (χ0n) is 12.0. The fraction of sp³-hybridized carbons (Fsp3) is 0.250. The number of hydrogen-bond acceptors (Lipinski definition) is 4. The molecule has 2 N–H and O–H groups in total. The molecule has 0 aromatic heterocycles. The van der Waals surface area contributed by atoms with Crippen molar-refractivity contribution in [1.29, 1.82) is 0 Å². The third-order valence-electron chi connectivity index (χ3n) is 2.71. The molecule has 2 aromatic carbocycles. The van der Waals surface area contributed by atoms with Crippen molar-refractivity contribution in [3.05, 3.63) is 53.6 Å². The molecule has 2 aromatic rings. The molecule has 0 aliphatic rings. The molecule has 0 radical (unpaired) electrons. The summed E-state index contributed by atoms with van der Waals surface area (Å²) in [6.45, 7) is 1.97. The molecular formula is C16H19Cl2NO3. The van der Waals surface area contributed by atoms with Gasteiger partial charge in [0, 0.05) is 18.1 Å². The summed E-state index contributed by atoms with van der Waals surface area (Å²) in [4.78, 5) is 0. The van der Waals surface area contributed by atoms with Crippen molar-refractivity contribution in [2.75, 3.05) is 26.3 Å². The second-order valence-electron chi connectivity index (χ2n) is 4.35. The van der Waals surface area contributed by atoms with E-state index in [2.05, 4.69) is 5.32 Å². The van der Waals surface area contributed by atoms with Crippen molar-refractivity contribution in [2.45, 2.75) is 0 Å². The molecule has 22 heavy (non-hydrogen) atoms. The number of nitrogens with one attached hydrogen (secondary N) is 1. The first-order valence-electron chi connectivity index (χ1n) is 6.76. The van der Waals surface area contributed by atoms with Gasteiger partial charge in [0.1, 0.15) is 23.9 Å². The van der Waals surface area contributed by atoms with Gasteiger partial charge < -0.3 is 19.9 Å². The van der Waals surface area contributed by atoms with Crippen LogP contribution in [0.1, 0.15) is 0 Å². The molecule has 0 atom stereocenters. The van der Waals surface area contributed by atoms with Gasteiger partial charge in [0.2, 0.25) is 0 Å². The number of aliphatic hydroxyl groups excluding tert-OH is 1. The minimum Gasteiger partial charge on any atom is -0.492 e. The van der Waals surface area contributed by atoms with Crippen molar-refractivity contribution in [3.63, 3.8) is 0 Å². The lowest BCUT2D eigenvalue weighted by Crippen LogP contribution is -2.23. The summed E-state index contributed by atoms with van der Waals surface area (Å²) < 4.78 is 11.2. The Hall–Kier alpha value is -1.46. The molecule has 0 bridgehead atoms.